The molecule has 2 unspecified atom stereocenters. The summed E-state index contributed by atoms with van der Waals surface area (Å²) >= 11 is 0. The first-order valence-corrected chi connectivity index (χ1v) is 6.96. The van der Waals surface area contributed by atoms with Crippen molar-refractivity contribution < 1.29 is 4.21 Å². The maximum Gasteiger partial charge on any atom is 0.116 e. The van der Waals surface area contributed by atoms with E-state index in [1.807, 2.05) is 6.07 Å². The Balaban J connectivity index is 2.43. The van der Waals surface area contributed by atoms with Crippen LogP contribution in [0.15, 0.2) is 24.3 Å². The molecule has 0 amide bonds. The molecule has 1 aliphatic heterocycles. The average Bonchev–Trinajstić information content (AvgIpc) is 2.27. The minimum absolute atomic E-state index is 0.436. The summed E-state index contributed by atoms with van der Waals surface area (Å²) in [5.74, 6) is 0. The van der Waals surface area contributed by atoms with Gasteiger partial charge in [-0.3, -0.25) is 4.31 Å². The number of hydrogen-bond donors (Lipinski definition) is 0. The molecule has 0 bridgehead atoms. The van der Waals surface area contributed by atoms with Gasteiger partial charge in [-0.2, -0.15) is 0 Å². The lowest BCUT2D eigenvalue weighted by Crippen LogP contribution is -2.39. The molecule has 0 N–H and O–H groups in total. The Morgan fingerprint density at radius 3 is 2.87 bits per heavy atom. The number of anilines is 1. The van der Waals surface area contributed by atoms with Crippen molar-refractivity contribution >= 4 is 16.7 Å². The molecule has 1 aromatic carbocycles. The van der Waals surface area contributed by atoms with E-state index >= 15 is 0 Å². The quantitative estimate of drug-likeness (QED) is 0.754. The van der Waals surface area contributed by atoms with Crippen LogP contribution in [-0.2, 0) is 17.4 Å². The monoisotopic (exact) mass is 223 g/mol. The molecule has 82 valence electrons. The summed E-state index contributed by atoms with van der Waals surface area (Å²) in [6, 6.07) is 8.74. The fraction of sp³-hybridized carbons (Fsp3) is 0.500. The van der Waals surface area contributed by atoms with E-state index in [9.17, 15) is 4.21 Å². The Kier molecular flexibility index (Phi) is 3.10. The van der Waals surface area contributed by atoms with Gasteiger partial charge in [-0.1, -0.05) is 25.1 Å². The van der Waals surface area contributed by atoms with Crippen molar-refractivity contribution in [2.75, 3.05) is 10.6 Å². The molecule has 3 heteroatoms. The summed E-state index contributed by atoms with van der Waals surface area (Å²) in [4.78, 5) is 0. The van der Waals surface area contributed by atoms with Crippen molar-refractivity contribution in [3.8, 4) is 0 Å². The largest absolute Gasteiger partial charge is 0.289 e. The molecule has 0 radical (unpaired) electrons. The van der Waals surface area contributed by atoms with Crippen molar-refractivity contribution in [3.05, 3.63) is 29.8 Å². The number of nitrogens with zero attached hydrogens (tertiary/aromatic N) is 1. The topological polar surface area (TPSA) is 20.3 Å². The normalized spacial score (nSPS) is 22.3. The van der Waals surface area contributed by atoms with Crippen LogP contribution >= 0.6 is 0 Å². The molecule has 1 aliphatic rings. The fourth-order valence-electron chi connectivity index (χ4n) is 2.29. The second-order valence-electron chi connectivity index (χ2n) is 3.98. The highest BCUT2D eigenvalue weighted by Crippen LogP contribution is 2.32. The Hall–Kier alpha value is -0.830. The lowest BCUT2D eigenvalue weighted by molar-refractivity contribution is 0.570. The van der Waals surface area contributed by atoms with Gasteiger partial charge < -0.3 is 0 Å². The summed E-state index contributed by atoms with van der Waals surface area (Å²) in [6.45, 7) is 2.17. The Labute approximate surface area is 93.9 Å². The molecule has 0 aromatic heterocycles. The lowest BCUT2D eigenvalue weighted by Gasteiger charge is -2.36. The van der Waals surface area contributed by atoms with Crippen LogP contribution in [0.4, 0.5) is 5.69 Å². The number of rotatable bonds is 2. The molecule has 1 aromatic rings. The SMILES string of the molecule is CCC1CCc2ccccc2N1S(C)=O. The molecule has 1 heterocycles. The van der Waals surface area contributed by atoms with E-state index in [2.05, 4.69) is 29.4 Å². The lowest BCUT2D eigenvalue weighted by atomic mass is 9.97. The van der Waals surface area contributed by atoms with Gasteiger partial charge in [-0.15, -0.1) is 0 Å². The van der Waals surface area contributed by atoms with Gasteiger partial charge in [-0.05, 0) is 30.9 Å². The molecule has 2 atom stereocenters. The summed E-state index contributed by atoms with van der Waals surface area (Å²) < 4.78 is 13.8. The van der Waals surface area contributed by atoms with E-state index in [0.717, 1.165) is 24.9 Å². The number of hydrogen-bond acceptors (Lipinski definition) is 1. The molecule has 0 spiro atoms. The van der Waals surface area contributed by atoms with Gasteiger partial charge in [0, 0.05) is 12.3 Å². The number of benzene rings is 1. The summed E-state index contributed by atoms with van der Waals surface area (Å²) in [6.07, 6.45) is 5.06. The molecule has 0 fully saturated rings. The third-order valence-corrected chi connectivity index (χ3v) is 4.10. The van der Waals surface area contributed by atoms with Crippen LogP contribution in [0.1, 0.15) is 25.3 Å². The zero-order valence-corrected chi connectivity index (χ0v) is 10.1. The van der Waals surface area contributed by atoms with Crippen LogP contribution in [0.5, 0.6) is 0 Å². The van der Waals surface area contributed by atoms with Gasteiger partial charge in [-0.25, -0.2) is 4.21 Å². The number of para-hydroxylation sites is 1. The second-order valence-corrected chi connectivity index (χ2v) is 5.22. The van der Waals surface area contributed by atoms with E-state index < -0.39 is 11.0 Å². The third-order valence-electron chi connectivity index (χ3n) is 3.06. The minimum Gasteiger partial charge on any atom is -0.289 e. The maximum absolute atomic E-state index is 11.8. The van der Waals surface area contributed by atoms with E-state index in [-0.39, 0.29) is 0 Å². The van der Waals surface area contributed by atoms with Gasteiger partial charge in [0.15, 0.2) is 0 Å². The smallest absolute Gasteiger partial charge is 0.116 e. The van der Waals surface area contributed by atoms with E-state index in [0.29, 0.717) is 6.04 Å². The van der Waals surface area contributed by atoms with Crippen molar-refractivity contribution in [3.63, 3.8) is 0 Å². The fourth-order valence-corrected chi connectivity index (χ4v) is 3.42. The second kappa shape index (κ2) is 4.35. The highest BCUT2D eigenvalue weighted by Gasteiger charge is 2.26. The van der Waals surface area contributed by atoms with Crippen LogP contribution in [0.25, 0.3) is 0 Å². The Morgan fingerprint density at radius 1 is 1.47 bits per heavy atom. The minimum atomic E-state index is -0.910. The zero-order valence-electron chi connectivity index (χ0n) is 9.27. The average molecular weight is 223 g/mol. The third kappa shape index (κ3) is 1.93. The predicted molar refractivity (Wildman–Crippen MR) is 65.4 cm³/mol. The first-order chi connectivity index (χ1) is 7.24. The molecular weight excluding hydrogens is 206 g/mol. The Morgan fingerprint density at radius 2 is 2.20 bits per heavy atom. The summed E-state index contributed by atoms with van der Waals surface area (Å²) in [7, 11) is -0.910. The first kappa shape index (κ1) is 10.7. The number of fused-ring (bicyclic) bond motifs is 1. The molecule has 15 heavy (non-hydrogen) atoms. The summed E-state index contributed by atoms with van der Waals surface area (Å²) in [5, 5.41) is 0. The van der Waals surface area contributed by atoms with E-state index in [4.69, 9.17) is 0 Å². The van der Waals surface area contributed by atoms with Gasteiger partial charge in [0.2, 0.25) is 0 Å². The number of aryl methyl sites for hydroxylation is 1. The van der Waals surface area contributed by atoms with Gasteiger partial charge in [0.1, 0.15) is 11.0 Å². The Bertz CT molecular complexity index is 378. The molecule has 0 saturated carbocycles. The van der Waals surface area contributed by atoms with Crippen molar-refractivity contribution in [2.45, 2.75) is 32.2 Å². The van der Waals surface area contributed by atoms with Crippen molar-refractivity contribution in [1.82, 2.24) is 0 Å². The van der Waals surface area contributed by atoms with E-state index in [1.165, 1.54) is 5.56 Å². The molecule has 2 nitrogen and oxygen atoms in total. The highest BCUT2D eigenvalue weighted by molar-refractivity contribution is 7.85. The van der Waals surface area contributed by atoms with Crippen molar-refractivity contribution in [1.29, 1.82) is 0 Å². The standard InChI is InChI=1S/C12H17NOS/c1-3-11-9-8-10-6-4-5-7-12(10)13(11)15(2)14/h4-7,11H,3,8-9H2,1-2H3. The molecule has 0 aliphatic carbocycles. The predicted octanol–water partition coefficient (Wildman–Crippen LogP) is 2.51. The van der Waals surface area contributed by atoms with Crippen LogP contribution in [0, 0.1) is 0 Å². The molecule has 2 rings (SSSR count). The van der Waals surface area contributed by atoms with Crippen LogP contribution < -0.4 is 4.31 Å². The zero-order chi connectivity index (χ0) is 10.8. The van der Waals surface area contributed by atoms with Crippen LogP contribution in [-0.4, -0.2) is 16.5 Å². The molecule has 0 saturated heterocycles. The molecular formula is C12H17NOS. The van der Waals surface area contributed by atoms with Gasteiger partial charge >= 0.3 is 0 Å². The van der Waals surface area contributed by atoms with E-state index in [1.54, 1.807) is 6.26 Å². The van der Waals surface area contributed by atoms with Crippen molar-refractivity contribution in [2.24, 2.45) is 0 Å². The highest BCUT2D eigenvalue weighted by atomic mass is 32.2. The van der Waals surface area contributed by atoms with Crippen LogP contribution in [0.3, 0.4) is 0 Å². The first-order valence-electron chi connectivity index (χ1n) is 5.44. The van der Waals surface area contributed by atoms with Crippen LogP contribution in [0.2, 0.25) is 0 Å². The summed E-state index contributed by atoms with van der Waals surface area (Å²) in [5.41, 5.74) is 2.49. The maximum atomic E-state index is 11.8. The van der Waals surface area contributed by atoms with Gasteiger partial charge in [0.05, 0.1) is 5.69 Å². The van der Waals surface area contributed by atoms with Gasteiger partial charge in [0.25, 0.3) is 0 Å².